The van der Waals surface area contributed by atoms with E-state index in [2.05, 4.69) is 60.4 Å². The van der Waals surface area contributed by atoms with E-state index in [4.69, 9.17) is 4.74 Å². The number of nitrogens with zero attached hydrogens (tertiary/aromatic N) is 3. The number of halogens is 1. The SMILES string of the molecule is Cc1cnc(C(=O)N[C@@H](C)[C@H](Oc2ccc3c(cnn3-c3ccc(F)cc3)c2)c2ccc(C(C)(C)C)cc2)s1. The Hall–Kier alpha value is -4.04. The van der Waals surface area contributed by atoms with Gasteiger partial charge in [0.15, 0.2) is 5.01 Å². The molecular weight excluding hydrogens is 511 g/mol. The van der Waals surface area contributed by atoms with Crippen LogP contribution in [0.4, 0.5) is 4.39 Å². The van der Waals surface area contributed by atoms with Crippen LogP contribution in [0.1, 0.15) is 59.6 Å². The van der Waals surface area contributed by atoms with Crippen LogP contribution in [0.2, 0.25) is 0 Å². The van der Waals surface area contributed by atoms with Gasteiger partial charge in [0.2, 0.25) is 0 Å². The number of carbonyl (C=O) groups is 1. The molecule has 0 fully saturated rings. The molecule has 5 rings (SSSR count). The van der Waals surface area contributed by atoms with Crippen molar-refractivity contribution in [2.24, 2.45) is 0 Å². The van der Waals surface area contributed by atoms with Gasteiger partial charge in [0.05, 0.1) is 23.4 Å². The van der Waals surface area contributed by atoms with E-state index in [0.29, 0.717) is 10.8 Å². The summed E-state index contributed by atoms with van der Waals surface area (Å²) in [6.07, 6.45) is 3.01. The largest absolute Gasteiger partial charge is 0.484 e. The second-order valence-electron chi connectivity index (χ2n) is 10.7. The lowest BCUT2D eigenvalue weighted by Crippen LogP contribution is -2.39. The number of amides is 1. The van der Waals surface area contributed by atoms with Crippen LogP contribution in [0, 0.1) is 12.7 Å². The Balaban J connectivity index is 1.44. The Morgan fingerprint density at radius 1 is 1.03 bits per heavy atom. The molecule has 6 nitrogen and oxygen atoms in total. The number of nitrogens with one attached hydrogen (secondary N) is 1. The lowest BCUT2D eigenvalue weighted by Gasteiger charge is -2.27. The fourth-order valence-corrected chi connectivity index (χ4v) is 5.12. The zero-order valence-electron chi connectivity index (χ0n) is 22.6. The van der Waals surface area contributed by atoms with E-state index in [1.807, 2.05) is 32.0 Å². The van der Waals surface area contributed by atoms with Gasteiger partial charge in [-0.3, -0.25) is 4.79 Å². The average Bonchev–Trinajstić information content (AvgIpc) is 3.53. The first-order chi connectivity index (χ1) is 18.6. The van der Waals surface area contributed by atoms with Crippen LogP contribution < -0.4 is 10.1 Å². The van der Waals surface area contributed by atoms with Crippen LogP contribution in [0.3, 0.4) is 0 Å². The summed E-state index contributed by atoms with van der Waals surface area (Å²) in [4.78, 5) is 18.1. The van der Waals surface area contributed by atoms with Crippen LogP contribution in [0.15, 0.2) is 79.1 Å². The maximum atomic E-state index is 13.4. The molecule has 39 heavy (non-hydrogen) atoms. The Morgan fingerprint density at radius 3 is 2.38 bits per heavy atom. The molecule has 0 unspecified atom stereocenters. The molecule has 3 aromatic carbocycles. The molecule has 2 heterocycles. The van der Waals surface area contributed by atoms with Gasteiger partial charge in [-0.05, 0) is 72.9 Å². The van der Waals surface area contributed by atoms with Gasteiger partial charge in [0.1, 0.15) is 17.7 Å². The van der Waals surface area contributed by atoms with E-state index < -0.39 is 6.10 Å². The Kier molecular flexibility index (Phi) is 7.23. The molecular formula is C31H31FN4O2S. The standard InChI is InChI=1S/C31H31FN4O2S/c1-19-17-33-30(39-19)29(37)35-20(2)28(21-6-8-23(9-7-21)31(3,4)5)38-26-14-15-27-22(16-26)18-34-36(27)25-12-10-24(32)11-13-25/h6-18,20,28H,1-5H3,(H,35,37)/t20-,28-/m0/s1. The van der Waals surface area contributed by atoms with E-state index in [9.17, 15) is 9.18 Å². The number of fused-ring (bicyclic) bond motifs is 1. The molecule has 8 heteroatoms. The van der Waals surface area contributed by atoms with Crippen LogP contribution >= 0.6 is 11.3 Å². The van der Waals surface area contributed by atoms with Crippen LogP contribution in [0.25, 0.3) is 16.6 Å². The molecule has 0 spiro atoms. The van der Waals surface area contributed by atoms with Crippen molar-refractivity contribution in [2.75, 3.05) is 0 Å². The highest BCUT2D eigenvalue weighted by atomic mass is 32.1. The van der Waals surface area contributed by atoms with Crippen LogP contribution in [0.5, 0.6) is 5.75 Å². The van der Waals surface area contributed by atoms with Crippen LogP contribution in [-0.4, -0.2) is 26.7 Å². The van der Waals surface area contributed by atoms with Gasteiger partial charge in [-0.2, -0.15) is 5.10 Å². The number of hydrogen-bond acceptors (Lipinski definition) is 5. The fourth-order valence-electron chi connectivity index (χ4n) is 4.45. The lowest BCUT2D eigenvalue weighted by molar-refractivity contribution is 0.0881. The van der Waals surface area contributed by atoms with Crippen molar-refractivity contribution < 1.29 is 13.9 Å². The first-order valence-corrected chi connectivity index (χ1v) is 13.6. The number of aryl methyl sites for hydroxylation is 1. The summed E-state index contributed by atoms with van der Waals surface area (Å²) in [5.74, 6) is 0.132. The van der Waals surface area contributed by atoms with E-state index in [1.165, 1.54) is 29.0 Å². The summed E-state index contributed by atoms with van der Waals surface area (Å²) >= 11 is 1.36. The molecule has 0 radical (unpaired) electrons. The van der Waals surface area contributed by atoms with E-state index in [0.717, 1.165) is 27.0 Å². The van der Waals surface area contributed by atoms with E-state index >= 15 is 0 Å². The molecule has 2 atom stereocenters. The van der Waals surface area contributed by atoms with Crippen molar-refractivity contribution in [3.63, 3.8) is 0 Å². The second kappa shape index (κ2) is 10.6. The summed E-state index contributed by atoms with van der Waals surface area (Å²) in [5, 5.41) is 8.88. The summed E-state index contributed by atoms with van der Waals surface area (Å²) in [6.45, 7) is 10.4. The summed E-state index contributed by atoms with van der Waals surface area (Å²) in [7, 11) is 0. The molecule has 1 N–H and O–H groups in total. The smallest absolute Gasteiger partial charge is 0.280 e. The predicted molar refractivity (Wildman–Crippen MR) is 153 cm³/mol. The van der Waals surface area contributed by atoms with Gasteiger partial charge in [-0.25, -0.2) is 14.1 Å². The number of rotatable bonds is 7. The van der Waals surface area contributed by atoms with Gasteiger partial charge >= 0.3 is 0 Å². The number of benzene rings is 3. The molecule has 0 saturated carbocycles. The van der Waals surface area contributed by atoms with Crippen molar-refractivity contribution in [3.05, 3.63) is 106 Å². The topological polar surface area (TPSA) is 69.0 Å². The number of aromatic nitrogens is 3. The maximum Gasteiger partial charge on any atom is 0.280 e. The van der Waals surface area contributed by atoms with E-state index in [1.54, 1.807) is 29.2 Å². The summed E-state index contributed by atoms with van der Waals surface area (Å²) in [5.41, 5.74) is 3.83. The maximum absolute atomic E-state index is 13.4. The fraction of sp³-hybridized carbons (Fsp3) is 0.258. The zero-order chi connectivity index (χ0) is 27.7. The first-order valence-electron chi connectivity index (χ1n) is 12.8. The van der Waals surface area contributed by atoms with Gasteiger partial charge in [-0.15, -0.1) is 11.3 Å². The molecule has 0 aliphatic rings. The Bertz CT molecular complexity index is 1600. The Labute approximate surface area is 231 Å². The molecule has 0 aliphatic heterocycles. The minimum Gasteiger partial charge on any atom is -0.484 e. The van der Waals surface area contributed by atoms with Gasteiger partial charge < -0.3 is 10.1 Å². The third-order valence-electron chi connectivity index (χ3n) is 6.61. The monoisotopic (exact) mass is 542 g/mol. The summed E-state index contributed by atoms with van der Waals surface area (Å²) in [6, 6.07) is 20.0. The van der Waals surface area contributed by atoms with Crippen molar-refractivity contribution in [1.29, 1.82) is 0 Å². The minimum atomic E-state index is -0.450. The quantitative estimate of drug-likeness (QED) is 0.237. The highest BCUT2D eigenvalue weighted by Crippen LogP contribution is 2.31. The van der Waals surface area contributed by atoms with Crippen molar-refractivity contribution in [2.45, 2.75) is 52.2 Å². The average molecular weight is 543 g/mol. The highest BCUT2D eigenvalue weighted by molar-refractivity contribution is 7.13. The molecule has 200 valence electrons. The predicted octanol–water partition coefficient (Wildman–Crippen LogP) is 7.17. The highest BCUT2D eigenvalue weighted by Gasteiger charge is 2.26. The molecule has 1 amide bonds. The van der Waals surface area contributed by atoms with Crippen molar-refractivity contribution >= 4 is 28.1 Å². The van der Waals surface area contributed by atoms with Gasteiger partial charge in [0, 0.05) is 16.5 Å². The molecule has 0 aliphatic carbocycles. The number of thiazole rings is 1. The third-order valence-corrected chi connectivity index (χ3v) is 7.52. The summed E-state index contributed by atoms with van der Waals surface area (Å²) < 4.78 is 21.7. The number of ether oxygens (including phenoxy) is 1. The minimum absolute atomic E-state index is 0.0210. The van der Waals surface area contributed by atoms with Gasteiger partial charge in [-0.1, -0.05) is 45.0 Å². The van der Waals surface area contributed by atoms with Crippen molar-refractivity contribution in [1.82, 2.24) is 20.1 Å². The first kappa shape index (κ1) is 26.6. The molecule has 2 aromatic heterocycles. The second-order valence-corrected chi connectivity index (χ2v) is 11.9. The molecule has 0 saturated heterocycles. The number of carbonyl (C=O) groups excluding carboxylic acids is 1. The zero-order valence-corrected chi connectivity index (χ0v) is 23.4. The van der Waals surface area contributed by atoms with Crippen molar-refractivity contribution in [3.8, 4) is 11.4 Å². The van der Waals surface area contributed by atoms with E-state index in [-0.39, 0.29) is 23.2 Å². The molecule has 0 bridgehead atoms. The third kappa shape index (κ3) is 5.86. The molecule has 5 aromatic rings. The van der Waals surface area contributed by atoms with Gasteiger partial charge in [0.25, 0.3) is 5.91 Å². The van der Waals surface area contributed by atoms with Crippen LogP contribution in [-0.2, 0) is 5.41 Å². The lowest BCUT2D eigenvalue weighted by atomic mass is 9.86. The normalized spacial score (nSPS) is 13.3. The Morgan fingerprint density at radius 2 is 1.74 bits per heavy atom. The number of hydrogen-bond donors (Lipinski definition) is 1.